The molecule has 0 N–H and O–H groups in total. The molecule has 7 heteroatoms. The van der Waals surface area contributed by atoms with Gasteiger partial charge >= 0.3 is 5.97 Å². The van der Waals surface area contributed by atoms with E-state index in [9.17, 15) is 4.79 Å². The number of hydrogen-bond donors (Lipinski definition) is 0. The van der Waals surface area contributed by atoms with E-state index in [4.69, 9.17) is 13.9 Å². The molecule has 180 valence electrons. The van der Waals surface area contributed by atoms with E-state index in [2.05, 4.69) is 41.1 Å². The van der Waals surface area contributed by atoms with E-state index < -0.39 is 0 Å². The summed E-state index contributed by atoms with van der Waals surface area (Å²) < 4.78 is 17.2. The quantitative estimate of drug-likeness (QED) is 0.397. The van der Waals surface area contributed by atoms with E-state index in [0.717, 1.165) is 46.4 Å². The van der Waals surface area contributed by atoms with Crippen molar-refractivity contribution in [3.8, 4) is 17.2 Å². The van der Waals surface area contributed by atoms with Crippen LogP contribution in [-0.4, -0.2) is 53.2 Å². The fourth-order valence-corrected chi connectivity index (χ4v) is 5.10. The number of thioether (sulfide) groups is 1. The van der Waals surface area contributed by atoms with Crippen LogP contribution in [0.15, 0.2) is 52.9 Å². The minimum absolute atomic E-state index is 0.130. The lowest BCUT2D eigenvalue weighted by atomic mass is 10.1. The van der Waals surface area contributed by atoms with Gasteiger partial charge in [-0.25, -0.2) is 4.98 Å². The number of ether oxygens (including phenoxy) is 2. The number of hydrogen-bond acceptors (Lipinski definition) is 7. The van der Waals surface area contributed by atoms with Crippen molar-refractivity contribution in [2.75, 3.05) is 31.3 Å². The first-order valence-electron chi connectivity index (χ1n) is 11.8. The molecule has 0 radical (unpaired) electrons. The molecule has 0 bridgehead atoms. The van der Waals surface area contributed by atoms with Gasteiger partial charge in [0.15, 0.2) is 0 Å². The summed E-state index contributed by atoms with van der Waals surface area (Å²) in [6.07, 6.45) is 0.666. The van der Waals surface area contributed by atoms with Crippen molar-refractivity contribution in [3.05, 3.63) is 71.1 Å². The van der Waals surface area contributed by atoms with Crippen molar-refractivity contribution < 1.29 is 18.7 Å². The highest BCUT2D eigenvalue weighted by molar-refractivity contribution is 7.99. The Balaban J connectivity index is 1.34. The second-order valence-corrected chi connectivity index (χ2v) is 9.60. The predicted octanol–water partition coefficient (Wildman–Crippen LogP) is 5.06. The van der Waals surface area contributed by atoms with Crippen LogP contribution in [0.4, 0.5) is 0 Å². The maximum atomic E-state index is 12.4. The molecule has 1 atom stereocenters. The summed E-state index contributed by atoms with van der Waals surface area (Å²) in [6, 6.07) is 16.1. The minimum Gasteiger partial charge on any atom is -0.493 e. The molecule has 34 heavy (non-hydrogen) atoms. The molecule has 1 aromatic heterocycles. The molecule has 1 unspecified atom stereocenters. The molecule has 0 aliphatic carbocycles. The molecule has 4 rings (SSSR count). The van der Waals surface area contributed by atoms with Crippen LogP contribution in [0.2, 0.25) is 0 Å². The number of aryl methyl sites for hydroxylation is 2. The van der Waals surface area contributed by atoms with Gasteiger partial charge in [0.25, 0.3) is 0 Å². The molecule has 2 aromatic carbocycles. The summed E-state index contributed by atoms with van der Waals surface area (Å²) in [5.41, 5.74) is 4.22. The molecule has 1 aliphatic rings. The average molecular weight is 481 g/mol. The van der Waals surface area contributed by atoms with Crippen molar-refractivity contribution in [2.45, 2.75) is 39.8 Å². The summed E-state index contributed by atoms with van der Waals surface area (Å²) >= 11 is 1.80. The summed E-state index contributed by atoms with van der Waals surface area (Å²) in [5, 5.41) is 0. The van der Waals surface area contributed by atoms with Crippen molar-refractivity contribution >= 4 is 17.7 Å². The van der Waals surface area contributed by atoms with Crippen LogP contribution < -0.4 is 4.74 Å². The van der Waals surface area contributed by atoms with E-state index in [1.54, 1.807) is 11.8 Å². The highest BCUT2D eigenvalue weighted by atomic mass is 32.2. The number of carbonyl (C=O) groups excluding carboxylic acids is 1. The van der Waals surface area contributed by atoms with E-state index in [0.29, 0.717) is 32.1 Å². The molecule has 6 nitrogen and oxygen atoms in total. The van der Waals surface area contributed by atoms with Crippen LogP contribution in [-0.2, 0) is 22.5 Å². The van der Waals surface area contributed by atoms with E-state index in [1.807, 2.05) is 38.1 Å². The molecule has 0 spiro atoms. The highest BCUT2D eigenvalue weighted by Crippen LogP contribution is 2.24. The fourth-order valence-electron chi connectivity index (χ4n) is 4.00. The van der Waals surface area contributed by atoms with Gasteiger partial charge < -0.3 is 13.9 Å². The third-order valence-corrected chi connectivity index (χ3v) is 6.90. The van der Waals surface area contributed by atoms with Crippen LogP contribution in [0, 0.1) is 13.8 Å². The Morgan fingerprint density at radius 3 is 2.82 bits per heavy atom. The lowest BCUT2D eigenvalue weighted by molar-refractivity contribution is -0.148. The molecular formula is C27H32N2O4S. The lowest BCUT2D eigenvalue weighted by Crippen LogP contribution is -2.47. The van der Waals surface area contributed by atoms with Gasteiger partial charge in [0.05, 0.1) is 18.9 Å². The van der Waals surface area contributed by atoms with Crippen LogP contribution >= 0.6 is 11.8 Å². The van der Waals surface area contributed by atoms with E-state index in [1.165, 1.54) is 5.56 Å². The van der Waals surface area contributed by atoms with E-state index in [-0.39, 0.29) is 12.0 Å². The number of oxazole rings is 1. The zero-order valence-corrected chi connectivity index (χ0v) is 20.9. The summed E-state index contributed by atoms with van der Waals surface area (Å²) in [7, 11) is 0. The topological polar surface area (TPSA) is 64.8 Å². The maximum absolute atomic E-state index is 12.4. The average Bonchev–Trinajstić information content (AvgIpc) is 3.20. The van der Waals surface area contributed by atoms with Gasteiger partial charge in [-0.15, -0.1) is 0 Å². The number of rotatable bonds is 9. The first-order valence-corrected chi connectivity index (χ1v) is 12.9. The van der Waals surface area contributed by atoms with E-state index >= 15 is 0 Å². The summed E-state index contributed by atoms with van der Waals surface area (Å²) in [5.74, 6) is 3.95. The Labute approximate surface area is 205 Å². The maximum Gasteiger partial charge on any atom is 0.324 e. The minimum atomic E-state index is -0.193. The second kappa shape index (κ2) is 11.6. The SMILES string of the molecule is CCOC(=O)C1CSCCN1Cc1cccc(OCCc2nc(-c3ccc(C)cc3)oc2C)c1. The molecular weight excluding hydrogens is 448 g/mol. The smallest absolute Gasteiger partial charge is 0.324 e. The molecule has 1 aliphatic heterocycles. The zero-order chi connectivity index (χ0) is 23.9. The normalized spacial score (nSPS) is 16.4. The third kappa shape index (κ3) is 6.21. The zero-order valence-electron chi connectivity index (χ0n) is 20.1. The molecule has 1 saturated heterocycles. The lowest BCUT2D eigenvalue weighted by Gasteiger charge is -2.33. The number of esters is 1. The summed E-state index contributed by atoms with van der Waals surface area (Å²) in [6.45, 7) is 8.34. The van der Waals surface area contributed by atoms with Gasteiger partial charge in [0.1, 0.15) is 17.6 Å². The molecule has 1 fully saturated rings. The van der Waals surface area contributed by atoms with Crippen molar-refractivity contribution in [1.29, 1.82) is 0 Å². The summed E-state index contributed by atoms with van der Waals surface area (Å²) in [4.78, 5) is 19.2. The number of carbonyl (C=O) groups is 1. The Kier molecular flexibility index (Phi) is 8.29. The van der Waals surface area contributed by atoms with Gasteiger partial charge in [0, 0.05) is 36.6 Å². The Bertz CT molecular complexity index is 1100. The number of benzene rings is 2. The molecule has 3 aromatic rings. The van der Waals surface area contributed by atoms with Gasteiger partial charge in [-0.1, -0.05) is 29.8 Å². The fraction of sp³-hybridized carbons (Fsp3) is 0.407. The standard InChI is InChI=1S/C27H32N2O4S/c1-4-31-27(30)25-18-34-15-13-29(25)17-21-6-5-7-23(16-21)32-14-12-24-20(3)33-26(28-24)22-10-8-19(2)9-11-22/h5-11,16,25H,4,12-15,17-18H2,1-3H3. The molecule has 0 amide bonds. The molecule has 0 saturated carbocycles. The second-order valence-electron chi connectivity index (χ2n) is 8.45. The first-order chi connectivity index (χ1) is 16.5. The highest BCUT2D eigenvalue weighted by Gasteiger charge is 2.30. The third-order valence-electron chi connectivity index (χ3n) is 5.88. The predicted molar refractivity (Wildman–Crippen MR) is 135 cm³/mol. The van der Waals surface area contributed by atoms with Crippen LogP contribution in [0.25, 0.3) is 11.5 Å². The van der Waals surface area contributed by atoms with Crippen molar-refractivity contribution in [2.24, 2.45) is 0 Å². The largest absolute Gasteiger partial charge is 0.493 e. The van der Waals surface area contributed by atoms with Gasteiger partial charge in [-0.3, -0.25) is 9.69 Å². The van der Waals surface area contributed by atoms with Crippen LogP contribution in [0.5, 0.6) is 5.75 Å². The monoisotopic (exact) mass is 480 g/mol. The van der Waals surface area contributed by atoms with Gasteiger partial charge in [0.2, 0.25) is 5.89 Å². The Hall–Kier alpha value is -2.77. The van der Waals surface area contributed by atoms with Crippen LogP contribution in [0.1, 0.15) is 29.5 Å². The Morgan fingerprint density at radius 1 is 1.21 bits per heavy atom. The first kappa shape index (κ1) is 24.4. The number of nitrogens with zero attached hydrogens (tertiary/aromatic N) is 2. The van der Waals surface area contributed by atoms with Crippen molar-refractivity contribution in [1.82, 2.24) is 9.88 Å². The van der Waals surface area contributed by atoms with Crippen LogP contribution in [0.3, 0.4) is 0 Å². The number of aromatic nitrogens is 1. The van der Waals surface area contributed by atoms with Gasteiger partial charge in [-0.2, -0.15) is 11.8 Å². The Morgan fingerprint density at radius 2 is 2.03 bits per heavy atom. The van der Waals surface area contributed by atoms with Crippen molar-refractivity contribution in [3.63, 3.8) is 0 Å². The molecule has 2 heterocycles. The van der Waals surface area contributed by atoms with Gasteiger partial charge in [-0.05, 0) is 50.6 Å².